The number of nitrogens with zero attached hydrogens (tertiary/aromatic N) is 1. The van der Waals surface area contributed by atoms with Crippen LogP contribution < -0.4 is 10.0 Å². The summed E-state index contributed by atoms with van der Waals surface area (Å²) in [4.78, 5) is 4.23. The van der Waals surface area contributed by atoms with E-state index in [2.05, 4.69) is 15.0 Å². The van der Waals surface area contributed by atoms with Crippen LogP contribution in [0.5, 0.6) is 0 Å². The van der Waals surface area contributed by atoms with Gasteiger partial charge in [0.15, 0.2) is 0 Å². The first-order valence-electron chi connectivity index (χ1n) is 6.10. The van der Waals surface area contributed by atoms with Gasteiger partial charge in [-0.25, -0.2) is 18.1 Å². The third kappa shape index (κ3) is 4.01. The minimum Gasteiger partial charge on any atom is -0.313 e. The lowest BCUT2D eigenvalue weighted by atomic mass is 10.4. The topological polar surface area (TPSA) is 71.1 Å². The third-order valence-corrected chi connectivity index (χ3v) is 5.63. The van der Waals surface area contributed by atoms with Crippen LogP contribution in [0.1, 0.15) is 30.5 Å². The summed E-state index contributed by atoms with van der Waals surface area (Å²) in [5, 5.41) is 5.54. The van der Waals surface area contributed by atoms with Crippen LogP contribution in [0.3, 0.4) is 0 Å². The molecule has 2 N–H and O–H groups in total. The Hall–Kier alpha value is -0.500. The lowest BCUT2D eigenvalue weighted by Gasteiger charge is -2.13. The Bertz CT molecular complexity index is 494. The zero-order valence-corrected chi connectivity index (χ0v) is 12.3. The van der Waals surface area contributed by atoms with E-state index in [1.165, 1.54) is 24.2 Å². The smallest absolute Gasteiger partial charge is 0.215 e. The van der Waals surface area contributed by atoms with Crippen molar-refractivity contribution in [3.63, 3.8) is 0 Å². The van der Waals surface area contributed by atoms with Gasteiger partial charge in [-0.1, -0.05) is 0 Å². The Balaban J connectivity index is 1.81. The molecule has 1 saturated carbocycles. The molecule has 1 fully saturated rings. The van der Waals surface area contributed by atoms with Crippen molar-refractivity contribution < 1.29 is 8.42 Å². The predicted molar refractivity (Wildman–Crippen MR) is 73.1 cm³/mol. The van der Waals surface area contributed by atoms with Crippen LogP contribution in [0.15, 0.2) is 5.38 Å². The monoisotopic (exact) mass is 289 g/mol. The highest BCUT2D eigenvalue weighted by Crippen LogP contribution is 2.18. The molecular weight excluding hydrogens is 270 g/mol. The number of nitrogens with one attached hydrogen (secondary N) is 2. The zero-order chi connectivity index (χ0) is 13.2. The Labute approximate surface area is 112 Å². The largest absolute Gasteiger partial charge is 0.313 e. The van der Waals surface area contributed by atoms with Crippen molar-refractivity contribution in [1.82, 2.24) is 15.0 Å². The van der Waals surface area contributed by atoms with Gasteiger partial charge in [-0.2, -0.15) is 0 Å². The summed E-state index contributed by atoms with van der Waals surface area (Å²) < 4.78 is 26.6. The molecule has 0 aliphatic heterocycles. The van der Waals surface area contributed by atoms with E-state index in [-0.39, 0.29) is 6.54 Å². The van der Waals surface area contributed by atoms with Crippen LogP contribution in [0, 0.1) is 6.92 Å². The standard InChI is InChI=1S/C11H19N3O2S2/c1-8-7-17-11(14-8)6-13-18(15,16)9(2)5-12-10-3-4-10/h7,9-10,12-13H,3-6H2,1-2H3. The fraction of sp³-hybridized carbons (Fsp3) is 0.727. The minimum absolute atomic E-state index is 0.286. The first-order valence-corrected chi connectivity index (χ1v) is 8.53. The lowest BCUT2D eigenvalue weighted by molar-refractivity contribution is 0.556. The van der Waals surface area contributed by atoms with Crippen LogP contribution in [-0.2, 0) is 16.6 Å². The second-order valence-corrected chi connectivity index (χ2v) is 7.87. The van der Waals surface area contributed by atoms with Crippen molar-refractivity contribution in [3.8, 4) is 0 Å². The van der Waals surface area contributed by atoms with Crippen molar-refractivity contribution in [2.45, 2.75) is 44.5 Å². The molecule has 0 bridgehead atoms. The summed E-state index contributed by atoms with van der Waals surface area (Å²) >= 11 is 1.48. The molecule has 1 heterocycles. The molecule has 7 heteroatoms. The molecule has 0 radical (unpaired) electrons. The van der Waals surface area contributed by atoms with E-state index >= 15 is 0 Å². The Morgan fingerprint density at radius 3 is 2.83 bits per heavy atom. The van der Waals surface area contributed by atoms with Crippen LogP contribution in [0.4, 0.5) is 0 Å². The maximum atomic E-state index is 12.0. The molecule has 2 rings (SSSR count). The second kappa shape index (κ2) is 5.64. The molecule has 1 unspecified atom stereocenters. The lowest BCUT2D eigenvalue weighted by Crippen LogP contribution is -2.39. The van der Waals surface area contributed by atoms with E-state index in [9.17, 15) is 8.42 Å². The molecule has 1 aliphatic carbocycles. The van der Waals surface area contributed by atoms with Gasteiger partial charge in [0.05, 0.1) is 11.8 Å². The van der Waals surface area contributed by atoms with Crippen molar-refractivity contribution in [1.29, 1.82) is 0 Å². The van der Waals surface area contributed by atoms with Gasteiger partial charge in [0.1, 0.15) is 5.01 Å². The number of sulfonamides is 1. The Morgan fingerprint density at radius 2 is 2.28 bits per heavy atom. The van der Waals surface area contributed by atoms with Crippen LogP contribution in [-0.4, -0.2) is 31.2 Å². The molecule has 0 amide bonds. The fourth-order valence-corrected chi connectivity index (χ4v) is 3.26. The van der Waals surface area contributed by atoms with Gasteiger partial charge in [-0.3, -0.25) is 0 Å². The predicted octanol–water partition coefficient (Wildman–Crippen LogP) is 1.01. The molecule has 0 aromatic carbocycles. The van der Waals surface area contributed by atoms with Crippen LogP contribution >= 0.6 is 11.3 Å². The van der Waals surface area contributed by atoms with Gasteiger partial charge in [-0.15, -0.1) is 11.3 Å². The van der Waals surface area contributed by atoms with E-state index in [4.69, 9.17) is 0 Å². The number of hydrogen-bond acceptors (Lipinski definition) is 5. The minimum atomic E-state index is -3.26. The number of aryl methyl sites for hydroxylation is 1. The van der Waals surface area contributed by atoms with Gasteiger partial charge >= 0.3 is 0 Å². The molecule has 0 spiro atoms. The second-order valence-electron chi connectivity index (χ2n) is 4.74. The van der Waals surface area contributed by atoms with Crippen molar-refractivity contribution in [2.24, 2.45) is 0 Å². The molecule has 1 aromatic rings. The Kier molecular flexibility index (Phi) is 4.37. The van der Waals surface area contributed by atoms with E-state index < -0.39 is 15.3 Å². The van der Waals surface area contributed by atoms with Gasteiger partial charge in [-0.05, 0) is 26.7 Å². The van der Waals surface area contributed by atoms with Gasteiger partial charge < -0.3 is 5.32 Å². The summed E-state index contributed by atoms with van der Waals surface area (Å²) in [6, 6.07) is 0.532. The number of thiazole rings is 1. The van der Waals surface area contributed by atoms with Gasteiger partial charge in [0.25, 0.3) is 0 Å². The number of aromatic nitrogens is 1. The van der Waals surface area contributed by atoms with Gasteiger partial charge in [0.2, 0.25) is 10.0 Å². The molecule has 5 nitrogen and oxygen atoms in total. The van der Waals surface area contributed by atoms with Crippen molar-refractivity contribution in [3.05, 3.63) is 16.1 Å². The number of hydrogen-bond donors (Lipinski definition) is 2. The SMILES string of the molecule is Cc1csc(CNS(=O)(=O)C(C)CNC2CC2)n1. The van der Waals surface area contributed by atoms with Crippen LogP contribution in [0.2, 0.25) is 0 Å². The average molecular weight is 289 g/mol. The van der Waals surface area contributed by atoms with E-state index in [1.807, 2.05) is 12.3 Å². The first kappa shape index (κ1) is 13.9. The maximum Gasteiger partial charge on any atom is 0.215 e. The third-order valence-electron chi connectivity index (χ3n) is 2.89. The molecular formula is C11H19N3O2S2. The fourth-order valence-electron chi connectivity index (χ4n) is 1.52. The van der Waals surface area contributed by atoms with E-state index in [0.29, 0.717) is 12.6 Å². The summed E-state index contributed by atoms with van der Waals surface area (Å²) in [5.41, 5.74) is 0.928. The summed E-state index contributed by atoms with van der Waals surface area (Å²) in [6.07, 6.45) is 2.33. The molecule has 0 saturated heterocycles. The van der Waals surface area contributed by atoms with E-state index in [1.54, 1.807) is 6.92 Å². The molecule has 18 heavy (non-hydrogen) atoms. The average Bonchev–Trinajstić information content (AvgIpc) is 3.06. The molecule has 1 atom stereocenters. The van der Waals surface area contributed by atoms with E-state index in [0.717, 1.165) is 10.7 Å². The normalized spacial score (nSPS) is 17.9. The highest BCUT2D eigenvalue weighted by molar-refractivity contribution is 7.90. The Morgan fingerprint density at radius 1 is 1.56 bits per heavy atom. The molecule has 102 valence electrons. The summed E-state index contributed by atoms with van der Waals surface area (Å²) in [5.74, 6) is 0. The maximum absolute atomic E-state index is 12.0. The highest BCUT2D eigenvalue weighted by atomic mass is 32.2. The zero-order valence-electron chi connectivity index (χ0n) is 10.6. The van der Waals surface area contributed by atoms with Crippen molar-refractivity contribution in [2.75, 3.05) is 6.54 Å². The van der Waals surface area contributed by atoms with Crippen molar-refractivity contribution >= 4 is 21.4 Å². The molecule has 1 aromatic heterocycles. The van der Waals surface area contributed by atoms with Crippen LogP contribution in [0.25, 0.3) is 0 Å². The highest BCUT2D eigenvalue weighted by Gasteiger charge is 2.25. The molecule has 1 aliphatic rings. The summed E-state index contributed by atoms with van der Waals surface area (Å²) in [6.45, 7) is 4.42. The van der Waals surface area contributed by atoms with Gasteiger partial charge in [0, 0.05) is 23.7 Å². The quantitative estimate of drug-likeness (QED) is 0.786. The first-order chi connectivity index (χ1) is 8.47. The number of rotatable bonds is 7. The summed E-state index contributed by atoms with van der Waals surface area (Å²) in [7, 11) is -3.26.